The number of hydrogen-bond donors (Lipinski definition) is 2. The molecule has 6 heteroatoms. The van der Waals surface area contributed by atoms with Gasteiger partial charge in [0.1, 0.15) is 5.75 Å². The Balaban J connectivity index is 2.69. The van der Waals surface area contributed by atoms with Crippen molar-refractivity contribution in [3.05, 3.63) is 29.3 Å². The number of nitrogens with zero attached hydrogens (tertiary/aromatic N) is 1. The summed E-state index contributed by atoms with van der Waals surface area (Å²) in [4.78, 5) is 0. The maximum atomic E-state index is 9.85. The first-order valence-corrected chi connectivity index (χ1v) is 7.96. The maximum Gasteiger partial charge on any atom is 0.183 e. The van der Waals surface area contributed by atoms with Crippen LogP contribution < -0.4 is 0 Å². The first-order chi connectivity index (χ1) is 11.1. The molecule has 0 radical (unpaired) electrons. The van der Waals surface area contributed by atoms with E-state index in [0.29, 0.717) is 31.1 Å². The van der Waals surface area contributed by atoms with Crippen LogP contribution in [0.5, 0.6) is 5.75 Å². The molecule has 0 saturated heterocycles. The molecule has 2 N–H and O–H groups in total. The maximum absolute atomic E-state index is 9.85. The molecule has 0 aliphatic carbocycles. The number of rotatable bonds is 11. The van der Waals surface area contributed by atoms with Gasteiger partial charge in [-0.05, 0) is 32.4 Å². The van der Waals surface area contributed by atoms with Crippen LogP contribution in [0.15, 0.2) is 23.4 Å². The van der Waals surface area contributed by atoms with Gasteiger partial charge in [0.2, 0.25) is 0 Å². The van der Waals surface area contributed by atoms with E-state index in [0.717, 1.165) is 25.0 Å². The lowest BCUT2D eigenvalue weighted by molar-refractivity contribution is -0.152. The second kappa shape index (κ2) is 11.0. The molecule has 1 unspecified atom stereocenters. The number of aromatic hydroxyl groups is 1. The van der Waals surface area contributed by atoms with Gasteiger partial charge in [0.15, 0.2) is 6.29 Å². The summed E-state index contributed by atoms with van der Waals surface area (Å²) in [6.07, 6.45) is 1.58. The molecule has 0 spiro atoms. The zero-order valence-corrected chi connectivity index (χ0v) is 14.1. The lowest BCUT2D eigenvalue weighted by Gasteiger charge is -2.19. The zero-order valence-electron chi connectivity index (χ0n) is 14.1. The molecule has 1 rings (SSSR count). The minimum atomic E-state index is -0.555. The van der Waals surface area contributed by atoms with Gasteiger partial charge in [-0.15, -0.1) is 0 Å². The Morgan fingerprint density at radius 3 is 2.61 bits per heavy atom. The van der Waals surface area contributed by atoms with Crippen molar-refractivity contribution in [2.75, 3.05) is 26.4 Å². The molecule has 23 heavy (non-hydrogen) atoms. The zero-order chi connectivity index (χ0) is 17.1. The molecule has 130 valence electrons. The van der Waals surface area contributed by atoms with Crippen molar-refractivity contribution in [1.82, 2.24) is 0 Å². The van der Waals surface area contributed by atoms with Crippen molar-refractivity contribution < 1.29 is 24.5 Å². The molecule has 0 aliphatic heterocycles. The Hall–Kier alpha value is -1.63. The molecule has 0 bridgehead atoms. The Morgan fingerprint density at radius 1 is 1.17 bits per heavy atom. The molecule has 1 aromatic carbocycles. The predicted molar refractivity (Wildman–Crippen MR) is 88.2 cm³/mol. The second-order valence-corrected chi connectivity index (χ2v) is 5.09. The Morgan fingerprint density at radius 2 is 1.96 bits per heavy atom. The van der Waals surface area contributed by atoms with E-state index in [1.54, 1.807) is 19.1 Å². The lowest BCUT2D eigenvalue weighted by Crippen LogP contribution is -2.14. The van der Waals surface area contributed by atoms with E-state index >= 15 is 0 Å². The Kier molecular flexibility index (Phi) is 9.28. The summed E-state index contributed by atoms with van der Waals surface area (Å²) >= 11 is 0. The molecular formula is C17H27NO5. The smallest absolute Gasteiger partial charge is 0.183 e. The number of oxime groups is 1. The van der Waals surface area contributed by atoms with Gasteiger partial charge in [0.25, 0.3) is 0 Å². The van der Waals surface area contributed by atoms with Crippen LogP contribution in [0.1, 0.15) is 51.0 Å². The standard InChI is InChI=1S/C17H27NO5/c1-4-6-9-21-10-11-23-17(22-5-2)14-7-8-16(19)15(12-14)13(3)18-20/h7-8,12,17,19-20H,4-6,9-11H2,1-3H3/b18-13+. The second-order valence-electron chi connectivity index (χ2n) is 5.09. The fourth-order valence-electron chi connectivity index (χ4n) is 2.00. The van der Waals surface area contributed by atoms with Crippen LogP contribution in [-0.2, 0) is 14.2 Å². The van der Waals surface area contributed by atoms with Crippen molar-refractivity contribution >= 4 is 5.71 Å². The van der Waals surface area contributed by atoms with Gasteiger partial charge in [-0.25, -0.2) is 0 Å². The summed E-state index contributed by atoms with van der Waals surface area (Å²) in [6, 6.07) is 4.96. The Bertz CT molecular complexity index is 490. The van der Waals surface area contributed by atoms with Crippen LogP contribution in [0.4, 0.5) is 0 Å². The monoisotopic (exact) mass is 325 g/mol. The van der Waals surface area contributed by atoms with Crippen molar-refractivity contribution in [1.29, 1.82) is 0 Å². The third-order valence-corrected chi connectivity index (χ3v) is 3.29. The normalized spacial score (nSPS) is 13.3. The first-order valence-electron chi connectivity index (χ1n) is 7.96. The Labute approximate surface area is 137 Å². The summed E-state index contributed by atoms with van der Waals surface area (Å²) < 4.78 is 16.8. The molecule has 0 heterocycles. The van der Waals surface area contributed by atoms with Gasteiger partial charge < -0.3 is 24.5 Å². The average Bonchev–Trinajstić information content (AvgIpc) is 2.57. The highest BCUT2D eigenvalue weighted by atomic mass is 16.7. The fraction of sp³-hybridized carbons (Fsp3) is 0.588. The summed E-state index contributed by atoms with van der Waals surface area (Å²) in [5.41, 5.74) is 1.51. The molecule has 1 atom stereocenters. The van der Waals surface area contributed by atoms with Crippen molar-refractivity contribution in [3.8, 4) is 5.75 Å². The molecule has 1 aromatic rings. The summed E-state index contributed by atoms with van der Waals surface area (Å²) in [6.45, 7) is 7.75. The number of phenolic OH excluding ortho intramolecular Hbond substituents is 1. The van der Waals surface area contributed by atoms with Crippen LogP contribution in [0.2, 0.25) is 0 Å². The predicted octanol–water partition coefficient (Wildman–Crippen LogP) is 3.46. The lowest BCUT2D eigenvalue weighted by atomic mass is 10.1. The number of hydrogen-bond acceptors (Lipinski definition) is 6. The molecule has 0 aliphatic rings. The highest BCUT2D eigenvalue weighted by Crippen LogP contribution is 2.26. The molecular weight excluding hydrogens is 298 g/mol. The largest absolute Gasteiger partial charge is 0.507 e. The van der Waals surface area contributed by atoms with Gasteiger partial charge in [-0.3, -0.25) is 0 Å². The summed E-state index contributed by atoms with van der Waals surface area (Å²) in [5, 5.41) is 21.9. The van der Waals surface area contributed by atoms with Crippen molar-refractivity contribution in [2.24, 2.45) is 5.16 Å². The summed E-state index contributed by atoms with van der Waals surface area (Å²) in [5.74, 6) is 0.0437. The SMILES string of the molecule is CCCCOCCOC(OCC)c1ccc(O)c(/C(C)=N/O)c1. The van der Waals surface area contributed by atoms with Gasteiger partial charge in [-0.2, -0.15) is 0 Å². The van der Waals surface area contributed by atoms with Crippen molar-refractivity contribution in [2.45, 2.75) is 39.9 Å². The highest BCUT2D eigenvalue weighted by Gasteiger charge is 2.15. The molecule has 0 fully saturated rings. The van der Waals surface area contributed by atoms with Crippen molar-refractivity contribution in [3.63, 3.8) is 0 Å². The number of phenols is 1. The topological polar surface area (TPSA) is 80.5 Å². The van der Waals surface area contributed by atoms with E-state index in [9.17, 15) is 5.11 Å². The third-order valence-electron chi connectivity index (χ3n) is 3.29. The van der Waals surface area contributed by atoms with Crippen LogP contribution in [0, 0.1) is 0 Å². The minimum absolute atomic E-state index is 0.0437. The van der Waals surface area contributed by atoms with Gasteiger partial charge in [0, 0.05) is 24.3 Å². The first kappa shape index (κ1) is 19.4. The van der Waals surface area contributed by atoms with E-state index in [1.165, 1.54) is 6.07 Å². The van der Waals surface area contributed by atoms with E-state index in [2.05, 4.69) is 12.1 Å². The minimum Gasteiger partial charge on any atom is -0.507 e. The summed E-state index contributed by atoms with van der Waals surface area (Å²) in [7, 11) is 0. The van der Waals surface area contributed by atoms with E-state index in [4.69, 9.17) is 19.4 Å². The van der Waals surface area contributed by atoms with Gasteiger partial charge in [-0.1, -0.05) is 24.6 Å². The molecule has 0 aromatic heterocycles. The quantitative estimate of drug-likeness (QED) is 0.214. The molecule has 0 saturated carbocycles. The van der Waals surface area contributed by atoms with E-state index in [1.807, 2.05) is 6.92 Å². The third kappa shape index (κ3) is 6.56. The molecule has 0 amide bonds. The highest BCUT2D eigenvalue weighted by molar-refractivity contribution is 6.00. The van der Waals surface area contributed by atoms with Crippen LogP contribution >= 0.6 is 0 Å². The number of ether oxygens (including phenoxy) is 3. The van der Waals surface area contributed by atoms with Gasteiger partial charge in [0.05, 0.1) is 18.9 Å². The fourth-order valence-corrected chi connectivity index (χ4v) is 2.00. The molecule has 6 nitrogen and oxygen atoms in total. The average molecular weight is 325 g/mol. The van der Waals surface area contributed by atoms with E-state index < -0.39 is 6.29 Å². The number of benzene rings is 1. The van der Waals surface area contributed by atoms with Crippen LogP contribution in [0.25, 0.3) is 0 Å². The van der Waals surface area contributed by atoms with Crippen LogP contribution in [0.3, 0.4) is 0 Å². The van der Waals surface area contributed by atoms with Gasteiger partial charge >= 0.3 is 0 Å². The number of unbranched alkanes of at least 4 members (excludes halogenated alkanes) is 1. The van der Waals surface area contributed by atoms with E-state index in [-0.39, 0.29) is 5.75 Å². The van der Waals surface area contributed by atoms with Crippen LogP contribution in [-0.4, -0.2) is 42.5 Å².